The minimum atomic E-state index is 0.420. The van der Waals surface area contributed by atoms with Crippen molar-refractivity contribution in [2.45, 2.75) is 40.0 Å². The van der Waals surface area contributed by atoms with Crippen molar-refractivity contribution in [3.8, 4) is 0 Å². The van der Waals surface area contributed by atoms with Crippen molar-refractivity contribution in [2.24, 2.45) is 22.7 Å². The molecule has 2 aliphatic carbocycles. The lowest BCUT2D eigenvalue weighted by molar-refractivity contribution is 0.477. The topological polar surface area (TPSA) is 0 Å². The second-order valence-electron chi connectivity index (χ2n) is 6.02. The Labute approximate surface area is 106 Å². The van der Waals surface area contributed by atoms with Crippen molar-refractivity contribution in [3.05, 3.63) is 42.7 Å². The van der Waals surface area contributed by atoms with Gasteiger partial charge in [0.05, 0.1) is 0 Å². The van der Waals surface area contributed by atoms with E-state index in [4.69, 9.17) is 0 Å². The fraction of sp³-hybridized carbons (Fsp3) is 0.588. The molecule has 17 heavy (non-hydrogen) atoms. The summed E-state index contributed by atoms with van der Waals surface area (Å²) >= 11 is 0. The van der Waals surface area contributed by atoms with Crippen LogP contribution in [-0.4, -0.2) is 0 Å². The third-order valence-electron chi connectivity index (χ3n) is 5.03. The molecule has 0 N–H and O–H groups in total. The molecule has 2 fully saturated rings. The number of hydrogen-bond donors (Lipinski definition) is 0. The molecule has 0 heteroatoms. The minimum Gasteiger partial charge on any atom is -0.132 e. The molecule has 4 atom stereocenters. The first-order valence-electron chi connectivity index (χ1n) is 6.73. The van der Waals surface area contributed by atoms with Gasteiger partial charge in [-0.2, -0.15) is 0 Å². The monoisotopic (exact) mass is 228 g/mol. The molecular weight excluding hydrogens is 204 g/mol. The van der Waals surface area contributed by atoms with Gasteiger partial charge in [-0.25, -0.2) is 0 Å². The average molecular weight is 228 g/mol. The van der Waals surface area contributed by atoms with Crippen LogP contribution in [0.2, 0.25) is 0 Å². The molecule has 0 saturated heterocycles. The Kier molecular flexibility index (Phi) is 2.96. The maximum Gasteiger partial charge on any atom is 0.00215 e. The molecule has 0 heterocycles. The zero-order valence-electron chi connectivity index (χ0n) is 11.4. The standard InChI is InChI=1S/C17H24/c1-6-8-10-17-12-16(17,5)15(17)11-14(4)13(3)9-7-2/h8-10,13,15H,2,4,6,11-12H2,1,3,5H3. The zero-order chi connectivity index (χ0) is 12.7. The summed E-state index contributed by atoms with van der Waals surface area (Å²) in [6.45, 7) is 14.7. The van der Waals surface area contributed by atoms with Crippen LogP contribution in [0.15, 0.2) is 42.7 Å². The normalized spacial score (nSPS) is 39.4. The summed E-state index contributed by atoms with van der Waals surface area (Å²) in [7, 11) is 0. The maximum atomic E-state index is 4.23. The lowest BCUT2D eigenvalue weighted by atomic mass is 9.89. The lowest BCUT2D eigenvalue weighted by Crippen LogP contribution is -2.04. The van der Waals surface area contributed by atoms with Crippen LogP contribution in [0.1, 0.15) is 40.0 Å². The van der Waals surface area contributed by atoms with Gasteiger partial charge < -0.3 is 0 Å². The van der Waals surface area contributed by atoms with Crippen molar-refractivity contribution in [1.29, 1.82) is 0 Å². The van der Waals surface area contributed by atoms with Gasteiger partial charge in [-0.1, -0.05) is 51.7 Å². The van der Waals surface area contributed by atoms with Gasteiger partial charge in [-0.05, 0) is 42.1 Å². The zero-order valence-corrected chi connectivity index (χ0v) is 11.4. The summed E-state index contributed by atoms with van der Waals surface area (Å²) in [5, 5.41) is 0. The Balaban J connectivity index is 1.93. The van der Waals surface area contributed by atoms with Crippen LogP contribution in [0.25, 0.3) is 0 Å². The third-order valence-corrected chi connectivity index (χ3v) is 5.03. The summed E-state index contributed by atoms with van der Waals surface area (Å²) < 4.78 is 0. The van der Waals surface area contributed by atoms with Gasteiger partial charge >= 0.3 is 0 Å². The summed E-state index contributed by atoms with van der Waals surface area (Å²) in [5.41, 5.74) is 5.35. The smallest absolute Gasteiger partial charge is 0.00215 e. The van der Waals surface area contributed by atoms with Gasteiger partial charge in [0.15, 0.2) is 0 Å². The Morgan fingerprint density at radius 2 is 2.29 bits per heavy atom. The first-order valence-corrected chi connectivity index (χ1v) is 6.73. The Hall–Kier alpha value is -1.00. The second-order valence-corrected chi connectivity index (χ2v) is 6.02. The van der Waals surface area contributed by atoms with E-state index in [9.17, 15) is 0 Å². The molecule has 0 aromatic rings. The van der Waals surface area contributed by atoms with E-state index in [0.717, 1.165) is 12.3 Å². The fourth-order valence-corrected chi connectivity index (χ4v) is 3.42. The van der Waals surface area contributed by atoms with Crippen molar-refractivity contribution in [3.63, 3.8) is 0 Å². The first-order chi connectivity index (χ1) is 8.02. The van der Waals surface area contributed by atoms with Crippen molar-refractivity contribution in [1.82, 2.24) is 0 Å². The van der Waals surface area contributed by atoms with Crippen molar-refractivity contribution in [2.75, 3.05) is 0 Å². The molecule has 2 rings (SSSR count). The van der Waals surface area contributed by atoms with Crippen LogP contribution in [0, 0.1) is 22.7 Å². The molecule has 2 saturated carbocycles. The Morgan fingerprint density at radius 1 is 1.59 bits per heavy atom. The molecule has 0 bridgehead atoms. The van der Waals surface area contributed by atoms with Gasteiger partial charge in [-0.15, -0.1) is 5.73 Å². The highest BCUT2D eigenvalue weighted by atomic mass is 14.9. The van der Waals surface area contributed by atoms with Gasteiger partial charge in [0.2, 0.25) is 0 Å². The molecule has 0 aromatic carbocycles. The molecule has 2 aliphatic rings. The maximum absolute atomic E-state index is 4.23. The van der Waals surface area contributed by atoms with E-state index >= 15 is 0 Å². The number of fused-ring (bicyclic) bond motifs is 1. The highest BCUT2D eigenvalue weighted by Crippen LogP contribution is 2.91. The van der Waals surface area contributed by atoms with E-state index in [2.05, 4.69) is 51.8 Å². The van der Waals surface area contributed by atoms with Crippen molar-refractivity contribution >= 4 is 0 Å². The molecule has 92 valence electrons. The largest absolute Gasteiger partial charge is 0.132 e. The van der Waals surface area contributed by atoms with Crippen LogP contribution in [0.4, 0.5) is 0 Å². The van der Waals surface area contributed by atoms with Gasteiger partial charge in [0, 0.05) is 5.92 Å². The minimum absolute atomic E-state index is 0.420. The van der Waals surface area contributed by atoms with Crippen LogP contribution in [0.5, 0.6) is 0 Å². The molecular formula is C17H24. The molecule has 0 spiro atoms. The van der Waals surface area contributed by atoms with Gasteiger partial charge in [-0.3, -0.25) is 0 Å². The SMILES string of the molecule is C=C=CC(C)C(=C)CC1C2(C)CC12C=CCC. The van der Waals surface area contributed by atoms with E-state index < -0.39 is 0 Å². The fourth-order valence-electron chi connectivity index (χ4n) is 3.42. The van der Waals surface area contributed by atoms with E-state index in [1.54, 1.807) is 0 Å². The molecule has 0 radical (unpaired) electrons. The van der Waals surface area contributed by atoms with Crippen LogP contribution in [-0.2, 0) is 0 Å². The van der Waals surface area contributed by atoms with E-state index in [1.165, 1.54) is 18.4 Å². The molecule has 0 aliphatic heterocycles. The van der Waals surface area contributed by atoms with Gasteiger partial charge in [0.1, 0.15) is 0 Å². The van der Waals surface area contributed by atoms with E-state index in [-0.39, 0.29) is 0 Å². The second kappa shape index (κ2) is 4.03. The van der Waals surface area contributed by atoms with E-state index in [1.807, 2.05) is 6.08 Å². The predicted molar refractivity (Wildman–Crippen MR) is 74.7 cm³/mol. The highest BCUT2D eigenvalue weighted by molar-refractivity contribution is 5.42. The summed E-state index contributed by atoms with van der Waals surface area (Å²) in [6.07, 6.45) is 10.5. The van der Waals surface area contributed by atoms with Crippen LogP contribution >= 0.6 is 0 Å². The Morgan fingerprint density at radius 3 is 2.82 bits per heavy atom. The average Bonchev–Trinajstić information content (AvgIpc) is 3.06. The van der Waals surface area contributed by atoms with Gasteiger partial charge in [0.25, 0.3) is 0 Å². The molecule has 0 amide bonds. The van der Waals surface area contributed by atoms with E-state index in [0.29, 0.717) is 16.7 Å². The third kappa shape index (κ3) is 1.76. The summed E-state index contributed by atoms with van der Waals surface area (Å²) in [6, 6.07) is 0. The summed E-state index contributed by atoms with van der Waals surface area (Å²) in [4.78, 5) is 0. The number of hydrogen-bond acceptors (Lipinski definition) is 0. The molecule has 0 aromatic heterocycles. The predicted octanol–water partition coefficient (Wildman–Crippen LogP) is 4.90. The first kappa shape index (κ1) is 12.5. The molecule has 0 nitrogen and oxygen atoms in total. The molecule has 4 unspecified atom stereocenters. The van der Waals surface area contributed by atoms with Crippen LogP contribution in [0.3, 0.4) is 0 Å². The highest BCUT2D eigenvalue weighted by Gasteiger charge is 2.85. The Bertz CT molecular complexity index is 408. The number of allylic oxidation sites excluding steroid dienone is 4. The quantitative estimate of drug-likeness (QED) is 0.448. The van der Waals surface area contributed by atoms with Crippen molar-refractivity contribution < 1.29 is 0 Å². The lowest BCUT2D eigenvalue weighted by Gasteiger charge is -2.15. The van der Waals surface area contributed by atoms with Crippen LogP contribution < -0.4 is 0 Å². The number of rotatable bonds is 6. The summed E-state index contributed by atoms with van der Waals surface area (Å²) in [5.74, 6) is 1.26.